The molecule has 36 heavy (non-hydrogen) atoms. The number of nitrogens with zero attached hydrogens (tertiary/aromatic N) is 3. The number of hydrogen-bond donors (Lipinski definition) is 0. The summed E-state index contributed by atoms with van der Waals surface area (Å²) in [4.78, 5) is 27.7. The zero-order chi connectivity index (χ0) is 25.5. The average Bonchev–Trinajstić information content (AvgIpc) is 2.89. The molecule has 0 atom stereocenters. The van der Waals surface area contributed by atoms with Crippen LogP contribution in [-0.4, -0.2) is 59.5 Å². The van der Waals surface area contributed by atoms with Crippen LogP contribution >= 0.6 is 11.6 Å². The SMILES string of the molecule is C=COc1cc(OC2CCN(C(=O)CCN3CCC(c4ccc(Cl)cc4)CC3)CC2)ccc1[N+](=O)[O-]. The number of halogens is 1. The predicted octanol–water partition coefficient (Wildman–Crippen LogP) is 5.41. The van der Waals surface area contributed by atoms with Crippen molar-refractivity contribution in [2.75, 3.05) is 32.7 Å². The van der Waals surface area contributed by atoms with Crippen molar-refractivity contribution in [3.63, 3.8) is 0 Å². The van der Waals surface area contributed by atoms with Crippen molar-refractivity contribution in [2.45, 2.75) is 44.1 Å². The van der Waals surface area contributed by atoms with Gasteiger partial charge in [0.25, 0.3) is 0 Å². The molecular formula is C27H32ClN3O5. The van der Waals surface area contributed by atoms with Crippen LogP contribution in [0.2, 0.25) is 5.02 Å². The number of hydrogen-bond acceptors (Lipinski definition) is 6. The molecule has 0 unspecified atom stereocenters. The molecule has 2 aliphatic rings. The fourth-order valence-corrected chi connectivity index (χ4v) is 5.08. The van der Waals surface area contributed by atoms with Gasteiger partial charge in [-0.1, -0.05) is 30.3 Å². The predicted molar refractivity (Wildman–Crippen MR) is 139 cm³/mol. The van der Waals surface area contributed by atoms with Crippen LogP contribution in [0.4, 0.5) is 5.69 Å². The van der Waals surface area contributed by atoms with Gasteiger partial charge in [-0.2, -0.15) is 0 Å². The Hall–Kier alpha value is -3.10. The summed E-state index contributed by atoms with van der Waals surface area (Å²) >= 11 is 6.00. The van der Waals surface area contributed by atoms with Gasteiger partial charge in [-0.25, -0.2) is 0 Å². The zero-order valence-electron chi connectivity index (χ0n) is 20.3. The molecule has 2 aliphatic heterocycles. The van der Waals surface area contributed by atoms with Gasteiger partial charge in [-0.3, -0.25) is 14.9 Å². The third kappa shape index (κ3) is 6.77. The van der Waals surface area contributed by atoms with Gasteiger partial charge in [0.1, 0.15) is 11.9 Å². The van der Waals surface area contributed by atoms with E-state index in [0.717, 1.165) is 43.8 Å². The Morgan fingerprint density at radius 3 is 2.42 bits per heavy atom. The molecule has 0 saturated carbocycles. The first-order chi connectivity index (χ1) is 17.4. The summed E-state index contributed by atoms with van der Waals surface area (Å²) < 4.78 is 11.2. The number of nitro benzene ring substituents is 1. The molecule has 2 fully saturated rings. The number of likely N-dealkylation sites (tertiary alicyclic amines) is 2. The molecule has 0 aromatic heterocycles. The van der Waals surface area contributed by atoms with Crippen LogP contribution in [-0.2, 0) is 4.79 Å². The van der Waals surface area contributed by atoms with Crippen molar-refractivity contribution < 1.29 is 19.2 Å². The smallest absolute Gasteiger partial charge is 0.311 e. The largest absolute Gasteiger partial charge is 0.490 e. The zero-order valence-corrected chi connectivity index (χ0v) is 21.1. The Kier molecular flexibility index (Phi) is 8.83. The molecule has 2 heterocycles. The molecule has 4 rings (SSSR count). The normalized spacial score (nSPS) is 17.5. The molecule has 2 aromatic carbocycles. The van der Waals surface area contributed by atoms with E-state index in [9.17, 15) is 14.9 Å². The number of carbonyl (C=O) groups excluding carboxylic acids is 1. The van der Waals surface area contributed by atoms with E-state index < -0.39 is 4.92 Å². The number of rotatable bonds is 9. The summed E-state index contributed by atoms with van der Waals surface area (Å²) in [7, 11) is 0. The Morgan fingerprint density at radius 1 is 1.08 bits per heavy atom. The van der Waals surface area contributed by atoms with Gasteiger partial charge in [-0.05, 0) is 55.6 Å². The quantitative estimate of drug-likeness (QED) is 0.253. The first kappa shape index (κ1) is 26.0. The minimum Gasteiger partial charge on any atom is -0.490 e. The fraction of sp³-hybridized carbons (Fsp3) is 0.444. The lowest BCUT2D eigenvalue weighted by atomic mass is 9.89. The number of amides is 1. The van der Waals surface area contributed by atoms with Gasteiger partial charge in [0.2, 0.25) is 11.7 Å². The van der Waals surface area contributed by atoms with Gasteiger partial charge < -0.3 is 19.3 Å². The third-order valence-corrected chi connectivity index (χ3v) is 7.26. The monoisotopic (exact) mass is 513 g/mol. The maximum atomic E-state index is 12.8. The molecule has 8 nitrogen and oxygen atoms in total. The van der Waals surface area contributed by atoms with Gasteiger partial charge >= 0.3 is 5.69 Å². The Labute approximate surface area is 216 Å². The molecule has 9 heteroatoms. The second-order valence-corrected chi connectivity index (χ2v) is 9.72. The van der Waals surface area contributed by atoms with Crippen molar-refractivity contribution in [2.24, 2.45) is 0 Å². The van der Waals surface area contributed by atoms with Crippen molar-refractivity contribution >= 4 is 23.2 Å². The number of nitro groups is 1. The van der Waals surface area contributed by atoms with Crippen LogP contribution in [0.25, 0.3) is 0 Å². The van der Waals surface area contributed by atoms with Gasteiger partial charge in [-0.15, -0.1) is 0 Å². The highest BCUT2D eigenvalue weighted by atomic mass is 35.5. The maximum absolute atomic E-state index is 12.8. The summed E-state index contributed by atoms with van der Waals surface area (Å²) in [5.74, 6) is 1.34. The highest BCUT2D eigenvalue weighted by Crippen LogP contribution is 2.33. The van der Waals surface area contributed by atoms with Gasteiger partial charge in [0, 0.05) is 56.1 Å². The van der Waals surface area contributed by atoms with Crippen LogP contribution in [0.1, 0.15) is 43.6 Å². The summed E-state index contributed by atoms with van der Waals surface area (Å²) in [5.41, 5.74) is 1.20. The van der Waals surface area contributed by atoms with E-state index in [2.05, 4.69) is 23.6 Å². The van der Waals surface area contributed by atoms with E-state index in [0.29, 0.717) is 44.0 Å². The minimum absolute atomic E-state index is 0.0565. The molecule has 0 spiro atoms. The number of carbonyl (C=O) groups is 1. The standard InChI is InChI=1S/C27H32ClN3O5/c1-2-35-26-19-24(7-8-25(26)31(33)34)36-23-11-17-30(18-12-23)27(32)13-16-29-14-9-21(10-15-29)20-3-5-22(28)6-4-20/h2-8,19,21,23H,1,9-18H2. The van der Waals surface area contributed by atoms with Crippen molar-refractivity contribution in [1.29, 1.82) is 0 Å². The molecule has 2 aromatic rings. The van der Waals surface area contributed by atoms with E-state index in [1.54, 1.807) is 6.07 Å². The molecular weight excluding hydrogens is 482 g/mol. The fourth-order valence-electron chi connectivity index (χ4n) is 4.95. The number of ether oxygens (including phenoxy) is 2. The molecule has 1 amide bonds. The number of piperidine rings is 2. The lowest BCUT2D eigenvalue weighted by Crippen LogP contribution is -2.43. The van der Waals surface area contributed by atoms with E-state index >= 15 is 0 Å². The van der Waals surface area contributed by atoms with Gasteiger partial charge in [0.05, 0.1) is 11.2 Å². The first-order valence-corrected chi connectivity index (χ1v) is 12.8. The van der Waals surface area contributed by atoms with Crippen LogP contribution in [0.3, 0.4) is 0 Å². The topological polar surface area (TPSA) is 85.2 Å². The highest BCUT2D eigenvalue weighted by molar-refractivity contribution is 6.30. The summed E-state index contributed by atoms with van der Waals surface area (Å²) in [6, 6.07) is 12.6. The van der Waals surface area contributed by atoms with Crippen molar-refractivity contribution in [3.05, 3.63) is 76.0 Å². The molecule has 192 valence electrons. The summed E-state index contributed by atoms with van der Waals surface area (Å²) in [6.07, 6.45) is 5.25. The van der Waals surface area contributed by atoms with E-state index in [1.807, 2.05) is 17.0 Å². The Bertz CT molecular complexity index is 1060. The van der Waals surface area contributed by atoms with E-state index in [1.165, 1.54) is 17.7 Å². The van der Waals surface area contributed by atoms with Crippen LogP contribution in [0.15, 0.2) is 55.3 Å². The molecule has 0 radical (unpaired) electrons. The van der Waals surface area contributed by atoms with Crippen molar-refractivity contribution in [3.8, 4) is 11.5 Å². The summed E-state index contributed by atoms with van der Waals surface area (Å²) in [6.45, 7) is 7.54. The molecule has 0 N–H and O–H groups in total. The third-order valence-electron chi connectivity index (χ3n) is 7.01. The van der Waals surface area contributed by atoms with Crippen molar-refractivity contribution in [1.82, 2.24) is 9.80 Å². The minimum atomic E-state index is -0.505. The number of benzene rings is 2. The molecule has 0 bridgehead atoms. The van der Waals surface area contributed by atoms with E-state index in [4.69, 9.17) is 21.1 Å². The van der Waals surface area contributed by atoms with Crippen LogP contribution < -0.4 is 9.47 Å². The second-order valence-electron chi connectivity index (χ2n) is 9.29. The lowest BCUT2D eigenvalue weighted by molar-refractivity contribution is -0.385. The maximum Gasteiger partial charge on any atom is 0.311 e. The lowest BCUT2D eigenvalue weighted by Gasteiger charge is -2.34. The Morgan fingerprint density at radius 2 is 1.78 bits per heavy atom. The summed E-state index contributed by atoms with van der Waals surface area (Å²) in [5, 5.41) is 11.9. The van der Waals surface area contributed by atoms with E-state index in [-0.39, 0.29) is 23.4 Å². The average molecular weight is 514 g/mol. The Balaban J connectivity index is 1.18. The van der Waals surface area contributed by atoms with Crippen LogP contribution in [0.5, 0.6) is 11.5 Å². The molecule has 2 saturated heterocycles. The van der Waals surface area contributed by atoms with Crippen LogP contribution in [0, 0.1) is 10.1 Å². The second kappa shape index (κ2) is 12.2. The first-order valence-electron chi connectivity index (χ1n) is 12.4. The van der Waals surface area contributed by atoms with Gasteiger partial charge in [0.15, 0.2) is 0 Å². The highest BCUT2D eigenvalue weighted by Gasteiger charge is 2.26. The molecule has 0 aliphatic carbocycles.